The van der Waals surface area contributed by atoms with Gasteiger partial charge < -0.3 is 15.7 Å². The Bertz CT molecular complexity index is 413. The van der Waals surface area contributed by atoms with Crippen LogP contribution in [0.1, 0.15) is 21.5 Å². The second kappa shape index (κ2) is 4.45. The minimum Gasteiger partial charge on any atom is -0.465 e. The minimum absolute atomic E-state index is 0.0175. The molecular weight excluding hydrogens is 196 g/mol. The van der Waals surface area contributed by atoms with Crippen molar-refractivity contribution in [1.29, 1.82) is 0 Å². The highest BCUT2D eigenvalue weighted by Crippen LogP contribution is 2.11. The van der Waals surface area contributed by atoms with Gasteiger partial charge in [0.05, 0.1) is 12.7 Å². The monoisotopic (exact) mass is 208 g/mol. The number of hydrogen-bond donors (Lipinski definition) is 2. The maximum absolute atomic E-state index is 11.2. The van der Waals surface area contributed by atoms with Crippen molar-refractivity contribution in [3.05, 3.63) is 34.9 Å². The molecule has 0 amide bonds. The molecule has 1 aromatic rings. The number of methoxy groups -OCH3 is 1. The Morgan fingerprint density at radius 1 is 1.53 bits per heavy atom. The Hall–Kier alpha value is -2.04. The summed E-state index contributed by atoms with van der Waals surface area (Å²) in [5.41, 5.74) is 7.20. The number of oxime groups is 1. The van der Waals surface area contributed by atoms with Crippen LogP contribution >= 0.6 is 0 Å². The predicted molar refractivity (Wildman–Crippen MR) is 55.0 cm³/mol. The van der Waals surface area contributed by atoms with Crippen LogP contribution in [0.3, 0.4) is 0 Å². The molecule has 0 aliphatic carbocycles. The summed E-state index contributed by atoms with van der Waals surface area (Å²) in [7, 11) is 1.31. The van der Waals surface area contributed by atoms with E-state index in [1.807, 2.05) is 0 Å². The third kappa shape index (κ3) is 2.25. The van der Waals surface area contributed by atoms with Gasteiger partial charge in [-0.1, -0.05) is 11.2 Å². The number of hydrogen-bond acceptors (Lipinski definition) is 4. The Labute approximate surface area is 87.1 Å². The SMILES string of the molecule is COC(=O)c1ccc(/C(N)=N/O)c(C)c1. The second-order valence-electron chi connectivity index (χ2n) is 3.01. The summed E-state index contributed by atoms with van der Waals surface area (Å²) in [6, 6.07) is 4.79. The third-order valence-electron chi connectivity index (χ3n) is 2.03. The van der Waals surface area contributed by atoms with E-state index in [1.54, 1.807) is 25.1 Å². The van der Waals surface area contributed by atoms with E-state index in [0.29, 0.717) is 11.1 Å². The Kier molecular flexibility index (Phi) is 3.28. The first-order valence-electron chi connectivity index (χ1n) is 4.27. The van der Waals surface area contributed by atoms with E-state index in [1.165, 1.54) is 7.11 Å². The van der Waals surface area contributed by atoms with Crippen molar-refractivity contribution in [2.75, 3.05) is 7.11 Å². The number of amidine groups is 1. The zero-order valence-corrected chi connectivity index (χ0v) is 8.52. The summed E-state index contributed by atoms with van der Waals surface area (Å²) in [6.07, 6.45) is 0. The molecule has 1 aromatic carbocycles. The third-order valence-corrected chi connectivity index (χ3v) is 2.03. The summed E-state index contributed by atoms with van der Waals surface area (Å²) >= 11 is 0. The van der Waals surface area contributed by atoms with Gasteiger partial charge in [0.25, 0.3) is 0 Å². The number of ether oxygens (including phenoxy) is 1. The van der Waals surface area contributed by atoms with Gasteiger partial charge in [-0.05, 0) is 24.6 Å². The highest BCUT2D eigenvalue weighted by molar-refractivity contribution is 5.99. The molecule has 0 bridgehead atoms. The quantitative estimate of drug-likeness (QED) is 0.248. The first kappa shape index (κ1) is 11.0. The first-order chi connectivity index (χ1) is 7.10. The largest absolute Gasteiger partial charge is 0.465 e. The molecule has 1 rings (SSSR count). The zero-order valence-electron chi connectivity index (χ0n) is 8.52. The van der Waals surface area contributed by atoms with E-state index < -0.39 is 5.97 Å². The lowest BCUT2D eigenvalue weighted by Gasteiger charge is -2.05. The molecule has 0 heterocycles. The number of aryl methyl sites for hydroxylation is 1. The Balaban J connectivity index is 3.14. The lowest BCUT2D eigenvalue weighted by Crippen LogP contribution is -2.15. The van der Waals surface area contributed by atoms with Gasteiger partial charge in [-0.15, -0.1) is 0 Å². The lowest BCUT2D eigenvalue weighted by molar-refractivity contribution is 0.0600. The molecule has 0 radical (unpaired) electrons. The summed E-state index contributed by atoms with van der Waals surface area (Å²) in [6.45, 7) is 1.76. The number of carbonyl (C=O) groups excluding carboxylic acids is 1. The van der Waals surface area contributed by atoms with Crippen molar-refractivity contribution in [3.8, 4) is 0 Å². The van der Waals surface area contributed by atoms with Crippen LogP contribution in [-0.2, 0) is 4.74 Å². The fourth-order valence-electron chi connectivity index (χ4n) is 1.25. The summed E-state index contributed by atoms with van der Waals surface area (Å²) in [5.74, 6) is -0.395. The average Bonchev–Trinajstić information content (AvgIpc) is 2.26. The van der Waals surface area contributed by atoms with Crippen molar-refractivity contribution in [2.24, 2.45) is 10.9 Å². The predicted octanol–water partition coefficient (Wildman–Crippen LogP) is 0.876. The lowest BCUT2D eigenvalue weighted by atomic mass is 10.0. The second-order valence-corrected chi connectivity index (χ2v) is 3.01. The fraction of sp³-hybridized carbons (Fsp3) is 0.200. The van der Waals surface area contributed by atoms with Crippen LogP contribution in [0.5, 0.6) is 0 Å². The van der Waals surface area contributed by atoms with Crippen LogP contribution in [0.25, 0.3) is 0 Å². The van der Waals surface area contributed by atoms with Crippen LogP contribution in [-0.4, -0.2) is 24.1 Å². The molecule has 5 nitrogen and oxygen atoms in total. The standard InChI is InChI=1S/C10H12N2O3/c1-6-5-7(10(13)15-2)3-4-8(6)9(11)12-14/h3-5,14H,1-2H3,(H2,11,12). The number of nitrogens with zero attached hydrogens (tertiary/aromatic N) is 1. The van der Waals surface area contributed by atoms with Crippen LogP contribution in [0, 0.1) is 6.92 Å². The fourth-order valence-corrected chi connectivity index (χ4v) is 1.25. The van der Waals surface area contributed by atoms with E-state index >= 15 is 0 Å². The maximum atomic E-state index is 11.2. The summed E-state index contributed by atoms with van der Waals surface area (Å²) in [4.78, 5) is 11.2. The molecule has 0 atom stereocenters. The molecule has 0 saturated carbocycles. The minimum atomic E-state index is -0.413. The van der Waals surface area contributed by atoms with E-state index in [4.69, 9.17) is 10.9 Å². The Morgan fingerprint density at radius 2 is 2.20 bits per heavy atom. The van der Waals surface area contributed by atoms with Crippen molar-refractivity contribution in [3.63, 3.8) is 0 Å². The molecule has 3 N–H and O–H groups in total. The van der Waals surface area contributed by atoms with Crippen molar-refractivity contribution in [2.45, 2.75) is 6.92 Å². The van der Waals surface area contributed by atoms with Gasteiger partial charge in [-0.3, -0.25) is 0 Å². The molecule has 0 aliphatic heterocycles. The molecule has 15 heavy (non-hydrogen) atoms. The molecular formula is C10H12N2O3. The molecule has 5 heteroatoms. The van der Waals surface area contributed by atoms with Crippen LogP contribution in [0.15, 0.2) is 23.4 Å². The van der Waals surface area contributed by atoms with Gasteiger partial charge in [0, 0.05) is 5.56 Å². The number of esters is 1. The van der Waals surface area contributed by atoms with Gasteiger partial charge in [0.2, 0.25) is 0 Å². The van der Waals surface area contributed by atoms with Crippen molar-refractivity contribution in [1.82, 2.24) is 0 Å². The first-order valence-corrected chi connectivity index (χ1v) is 4.27. The van der Waals surface area contributed by atoms with Gasteiger partial charge >= 0.3 is 5.97 Å². The van der Waals surface area contributed by atoms with Crippen LogP contribution in [0.4, 0.5) is 0 Å². The summed E-state index contributed by atoms with van der Waals surface area (Å²) in [5, 5.41) is 11.4. The number of rotatable bonds is 2. The Morgan fingerprint density at radius 3 is 2.67 bits per heavy atom. The van der Waals surface area contributed by atoms with Gasteiger partial charge in [-0.25, -0.2) is 4.79 Å². The zero-order chi connectivity index (χ0) is 11.4. The average molecular weight is 208 g/mol. The molecule has 0 unspecified atom stereocenters. The number of carbonyl (C=O) groups is 1. The van der Waals surface area contributed by atoms with Gasteiger partial charge in [0.15, 0.2) is 5.84 Å². The van der Waals surface area contributed by atoms with E-state index in [0.717, 1.165) is 5.56 Å². The van der Waals surface area contributed by atoms with Gasteiger partial charge in [0.1, 0.15) is 0 Å². The van der Waals surface area contributed by atoms with E-state index in [-0.39, 0.29) is 5.84 Å². The number of benzene rings is 1. The topological polar surface area (TPSA) is 84.9 Å². The molecule has 0 fully saturated rings. The number of nitrogens with two attached hydrogens (primary N) is 1. The van der Waals surface area contributed by atoms with E-state index in [9.17, 15) is 4.79 Å². The summed E-state index contributed by atoms with van der Waals surface area (Å²) < 4.78 is 4.57. The van der Waals surface area contributed by atoms with E-state index in [2.05, 4.69) is 9.89 Å². The van der Waals surface area contributed by atoms with Crippen LogP contribution in [0.2, 0.25) is 0 Å². The maximum Gasteiger partial charge on any atom is 0.337 e. The van der Waals surface area contributed by atoms with Crippen molar-refractivity contribution < 1.29 is 14.7 Å². The smallest absolute Gasteiger partial charge is 0.337 e. The van der Waals surface area contributed by atoms with Crippen molar-refractivity contribution >= 4 is 11.8 Å². The highest BCUT2D eigenvalue weighted by Gasteiger charge is 2.09. The van der Waals surface area contributed by atoms with Gasteiger partial charge in [-0.2, -0.15) is 0 Å². The molecule has 0 aromatic heterocycles. The normalized spacial score (nSPS) is 11.2. The molecule has 80 valence electrons. The molecule has 0 saturated heterocycles. The van der Waals surface area contributed by atoms with Crippen LogP contribution < -0.4 is 5.73 Å². The highest BCUT2D eigenvalue weighted by atomic mass is 16.5. The molecule has 0 spiro atoms. The molecule has 0 aliphatic rings.